The van der Waals surface area contributed by atoms with Crippen molar-refractivity contribution in [3.63, 3.8) is 0 Å². The van der Waals surface area contributed by atoms with Crippen LogP contribution in [0.25, 0.3) is 9.88 Å². The first-order valence-electron chi connectivity index (χ1n) is 8.59. The number of hydrogen-bond acceptors (Lipinski definition) is 6. The third kappa shape index (κ3) is 3.82. The number of rotatable bonds is 3. The van der Waals surface area contributed by atoms with Crippen LogP contribution < -0.4 is 0 Å². The number of aromatic hydroxyl groups is 1. The Bertz CT molecular complexity index is 1020. The molecule has 1 saturated heterocycles. The fourth-order valence-corrected chi connectivity index (χ4v) is 5.31. The Hall–Kier alpha value is -2.23. The van der Waals surface area contributed by atoms with E-state index in [-0.39, 0.29) is 23.1 Å². The summed E-state index contributed by atoms with van der Waals surface area (Å²) in [4.78, 5) is 34.2. The number of para-hydroxylation sites is 1. The molecule has 1 fully saturated rings. The molecule has 6 nitrogen and oxygen atoms in total. The minimum Gasteiger partial charge on any atom is -0.507 e. The molecule has 1 aromatic carbocycles. The van der Waals surface area contributed by atoms with Crippen LogP contribution in [-0.4, -0.2) is 57.9 Å². The Morgan fingerprint density at radius 3 is 2.32 bits per heavy atom. The van der Waals surface area contributed by atoms with Crippen LogP contribution in [-0.2, 0) is 0 Å². The monoisotopic (exact) mass is 477 g/mol. The summed E-state index contributed by atoms with van der Waals surface area (Å²) in [5.74, 6) is -0.363. The molecule has 0 aliphatic carbocycles. The largest absolute Gasteiger partial charge is 0.507 e. The molecular weight excluding hydrogens is 462 g/mol. The lowest BCUT2D eigenvalue weighted by Crippen LogP contribution is -2.50. The maximum absolute atomic E-state index is 12.8. The summed E-state index contributed by atoms with van der Waals surface area (Å²) in [5.41, 5.74) is 0.721. The minimum absolute atomic E-state index is 0.0266. The number of thiazole rings is 1. The number of halogens is 1. The highest BCUT2D eigenvalue weighted by Gasteiger charge is 2.27. The van der Waals surface area contributed by atoms with E-state index in [2.05, 4.69) is 20.9 Å². The standard InChI is InChI=1S/C19H16BrN3O3S2/c20-12-9-16(27-10-12)17-21-14(11-28-17)19(26)23-7-5-22(6-8-23)18(25)13-3-1-2-4-15(13)24/h1-4,9-11,24H,5-8H2. The van der Waals surface area contributed by atoms with Crippen molar-refractivity contribution in [1.82, 2.24) is 14.8 Å². The van der Waals surface area contributed by atoms with E-state index in [1.54, 1.807) is 44.7 Å². The summed E-state index contributed by atoms with van der Waals surface area (Å²) in [6.45, 7) is 1.73. The van der Waals surface area contributed by atoms with Gasteiger partial charge in [-0.2, -0.15) is 0 Å². The van der Waals surface area contributed by atoms with Gasteiger partial charge in [0, 0.05) is 41.4 Å². The fourth-order valence-electron chi connectivity index (χ4n) is 3.01. The molecule has 144 valence electrons. The molecule has 28 heavy (non-hydrogen) atoms. The molecule has 1 aliphatic rings. The SMILES string of the molecule is O=C(c1csc(-c2cc(Br)cs2)n1)N1CCN(C(=O)c2ccccc2O)CC1. The number of thiophene rings is 1. The second kappa shape index (κ2) is 8.02. The maximum atomic E-state index is 12.8. The van der Waals surface area contributed by atoms with E-state index in [0.717, 1.165) is 14.4 Å². The predicted octanol–water partition coefficient (Wildman–Crippen LogP) is 3.94. The second-order valence-electron chi connectivity index (χ2n) is 6.27. The number of hydrogen-bond donors (Lipinski definition) is 1. The van der Waals surface area contributed by atoms with Gasteiger partial charge in [0.25, 0.3) is 11.8 Å². The van der Waals surface area contributed by atoms with Crippen molar-refractivity contribution in [3.8, 4) is 15.6 Å². The van der Waals surface area contributed by atoms with Gasteiger partial charge in [-0.25, -0.2) is 4.98 Å². The molecule has 2 aromatic heterocycles. The number of carbonyl (C=O) groups excluding carboxylic acids is 2. The van der Waals surface area contributed by atoms with Gasteiger partial charge in [0.1, 0.15) is 16.5 Å². The van der Waals surface area contributed by atoms with Gasteiger partial charge in [-0.1, -0.05) is 12.1 Å². The molecule has 9 heteroatoms. The molecule has 2 amide bonds. The number of phenolic OH excluding ortho intramolecular Hbond substituents is 1. The van der Waals surface area contributed by atoms with E-state index in [9.17, 15) is 14.7 Å². The summed E-state index contributed by atoms with van der Waals surface area (Å²) in [5, 5.41) is 14.5. The van der Waals surface area contributed by atoms with E-state index >= 15 is 0 Å². The predicted molar refractivity (Wildman–Crippen MR) is 113 cm³/mol. The molecule has 0 unspecified atom stereocenters. The minimum atomic E-state index is -0.218. The van der Waals surface area contributed by atoms with Crippen molar-refractivity contribution >= 4 is 50.4 Å². The Morgan fingerprint density at radius 1 is 1.00 bits per heavy atom. The zero-order valence-corrected chi connectivity index (χ0v) is 17.9. The van der Waals surface area contributed by atoms with Gasteiger partial charge in [0.05, 0.1) is 10.4 Å². The van der Waals surface area contributed by atoms with E-state index < -0.39 is 0 Å². The van der Waals surface area contributed by atoms with Gasteiger partial charge in [-0.15, -0.1) is 22.7 Å². The van der Waals surface area contributed by atoms with Gasteiger partial charge in [0.2, 0.25) is 0 Å². The number of amides is 2. The highest BCUT2D eigenvalue weighted by molar-refractivity contribution is 9.10. The quantitative estimate of drug-likeness (QED) is 0.619. The number of phenols is 1. The van der Waals surface area contributed by atoms with Crippen molar-refractivity contribution in [1.29, 1.82) is 0 Å². The third-order valence-electron chi connectivity index (χ3n) is 4.49. The number of nitrogens with zero attached hydrogens (tertiary/aromatic N) is 3. The van der Waals surface area contributed by atoms with Crippen LogP contribution >= 0.6 is 38.6 Å². The van der Waals surface area contributed by atoms with Gasteiger partial charge in [0.15, 0.2) is 0 Å². The number of carbonyl (C=O) groups is 2. The highest BCUT2D eigenvalue weighted by Crippen LogP contribution is 2.32. The van der Waals surface area contributed by atoms with Crippen molar-refractivity contribution in [3.05, 3.63) is 56.8 Å². The topological polar surface area (TPSA) is 73.7 Å². The van der Waals surface area contributed by atoms with Crippen LogP contribution in [0.15, 0.2) is 45.6 Å². The number of aromatic nitrogens is 1. The van der Waals surface area contributed by atoms with Crippen molar-refractivity contribution in [2.45, 2.75) is 0 Å². The van der Waals surface area contributed by atoms with E-state index in [0.29, 0.717) is 31.9 Å². The Labute approximate surface area is 178 Å². The van der Waals surface area contributed by atoms with Crippen LogP contribution in [0.5, 0.6) is 5.75 Å². The summed E-state index contributed by atoms with van der Waals surface area (Å²) in [6, 6.07) is 8.49. The number of benzene rings is 1. The highest BCUT2D eigenvalue weighted by atomic mass is 79.9. The van der Waals surface area contributed by atoms with Gasteiger partial charge in [-0.05, 0) is 34.1 Å². The van der Waals surface area contributed by atoms with Crippen LogP contribution in [0.2, 0.25) is 0 Å². The molecule has 0 atom stereocenters. The molecule has 0 spiro atoms. The Kier molecular flexibility index (Phi) is 5.47. The summed E-state index contributed by atoms with van der Waals surface area (Å²) >= 11 is 6.46. The molecule has 3 heterocycles. The number of piperazine rings is 1. The van der Waals surface area contributed by atoms with Crippen LogP contribution in [0.4, 0.5) is 0 Å². The molecular formula is C19H16BrN3O3S2. The summed E-state index contributed by atoms with van der Waals surface area (Å²) < 4.78 is 1.00. The molecule has 1 aliphatic heterocycles. The first-order valence-corrected chi connectivity index (χ1v) is 11.1. The molecule has 0 bridgehead atoms. The average molecular weight is 478 g/mol. The maximum Gasteiger partial charge on any atom is 0.273 e. The first kappa shape index (κ1) is 19.1. The van der Waals surface area contributed by atoms with Gasteiger partial charge < -0.3 is 14.9 Å². The van der Waals surface area contributed by atoms with Crippen LogP contribution in [0.1, 0.15) is 20.8 Å². The third-order valence-corrected chi connectivity index (χ3v) is 7.19. The van der Waals surface area contributed by atoms with E-state index in [1.807, 2.05) is 11.4 Å². The average Bonchev–Trinajstić information content (AvgIpc) is 3.36. The summed E-state index contributed by atoms with van der Waals surface area (Å²) in [7, 11) is 0. The molecule has 1 N–H and O–H groups in total. The van der Waals surface area contributed by atoms with Crippen LogP contribution in [0.3, 0.4) is 0 Å². The first-order chi connectivity index (χ1) is 13.5. The Balaban J connectivity index is 1.40. The second-order valence-corrected chi connectivity index (χ2v) is 8.95. The van der Waals surface area contributed by atoms with Crippen LogP contribution in [0, 0.1) is 0 Å². The zero-order chi connectivity index (χ0) is 19.7. The lowest BCUT2D eigenvalue weighted by molar-refractivity contribution is 0.0531. The zero-order valence-electron chi connectivity index (χ0n) is 14.7. The smallest absolute Gasteiger partial charge is 0.273 e. The summed E-state index contributed by atoms with van der Waals surface area (Å²) in [6.07, 6.45) is 0. The molecule has 0 radical (unpaired) electrons. The van der Waals surface area contributed by atoms with Crippen molar-refractivity contribution in [2.75, 3.05) is 26.2 Å². The molecule has 0 saturated carbocycles. The van der Waals surface area contributed by atoms with E-state index in [1.165, 1.54) is 17.4 Å². The van der Waals surface area contributed by atoms with E-state index in [4.69, 9.17) is 0 Å². The molecule has 4 rings (SSSR count). The van der Waals surface area contributed by atoms with Crippen molar-refractivity contribution in [2.24, 2.45) is 0 Å². The normalized spacial score (nSPS) is 14.3. The Morgan fingerprint density at radius 2 is 1.68 bits per heavy atom. The van der Waals surface area contributed by atoms with Gasteiger partial charge in [-0.3, -0.25) is 9.59 Å². The fraction of sp³-hybridized carbons (Fsp3) is 0.211. The van der Waals surface area contributed by atoms with Gasteiger partial charge >= 0.3 is 0 Å². The lowest BCUT2D eigenvalue weighted by atomic mass is 10.1. The molecule has 3 aromatic rings. The lowest BCUT2D eigenvalue weighted by Gasteiger charge is -2.34. The van der Waals surface area contributed by atoms with Crippen molar-refractivity contribution < 1.29 is 14.7 Å².